The minimum atomic E-state index is -2.28. The Balaban J connectivity index is 3.00. The molecule has 0 N–H and O–H groups in total. The monoisotopic (exact) mass is 205 g/mol. The van der Waals surface area contributed by atoms with Gasteiger partial charge in [0.25, 0.3) is 0 Å². The molecule has 0 fully saturated rings. The van der Waals surface area contributed by atoms with Crippen LogP contribution in [-0.4, -0.2) is 14.8 Å². The molecule has 0 radical (unpaired) electrons. The zero-order valence-corrected chi connectivity index (χ0v) is 7.60. The molecule has 0 bridgehead atoms. The lowest BCUT2D eigenvalue weighted by atomic mass is 10.3. The molecule has 0 aliphatic rings. The molecule has 0 spiro atoms. The highest BCUT2D eigenvalue weighted by atomic mass is 35.5. The average Bonchev–Trinajstić information content (AvgIpc) is 2.05. The molecule has 12 heavy (non-hydrogen) atoms. The van der Waals surface area contributed by atoms with E-state index in [1.807, 2.05) is 0 Å². The smallest absolute Gasteiger partial charge is 0.162 e. The molecule has 1 atom stereocenters. The molecule has 0 saturated heterocycles. The van der Waals surface area contributed by atoms with Crippen LogP contribution < -0.4 is 4.74 Å². The number of hydrogen-bond acceptors (Lipinski definition) is 3. The van der Waals surface area contributed by atoms with Crippen LogP contribution in [0.3, 0.4) is 0 Å². The zero-order chi connectivity index (χ0) is 8.97. The van der Waals surface area contributed by atoms with Crippen molar-refractivity contribution in [3.8, 4) is 5.75 Å². The quantitative estimate of drug-likeness (QED) is 0.555. The van der Waals surface area contributed by atoms with Crippen molar-refractivity contribution >= 4 is 22.7 Å². The first-order valence-corrected chi connectivity index (χ1v) is 4.73. The van der Waals surface area contributed by atoms with Crippen LogP contribution >= 0.6 is 11.6 Å². The van der Waals surface area contributed by atoms with Gasteiger partial charge < -0.3 is 9.29 Å². The van der Waals surface area contributed by atoms with Crippen LogP contribution in [-0.2, 0) is 11.1 Å². The van der Waals surface area contributed by atoms with Gasteiger partial charge in [0.2, 0.25) is 0 Å². The summed E-state index contributed by atoms with van der Waals surface area (Å²) in [5.41, 5.74) is 0. The molecular formula is C7H6ClO3S-. The van der Waals surface area contributed by atoms with Crippen molar-refractivity contribution in [2.45, 2.75) is 4.90 Å². The molecule has 0 aliphatic heterocycles. The van der Waals surface area contributed by atoms with Crippen LogP contribution in [0.5, 0.6) is 5.75 Å². The third kappa shape index (κ3) is 2.20. The second-order valence-corrected chi connectivity index (χ2v) is 3.06. The molecule has 1 unspecified atom stereocenters. The predicted molar refractivity (Wildman–Crippen MR) is 45.0 cm³/mol. The van der Waals surface area contributed by atoms with Crippen molar-refractivity contribution in [3.05, 3.63) is 24.3 Å². The summed E-state index contributed by atoms with van der Waals surface area (Å²) in [6, 6.07) is 6.23. The second-order valence-electron chi connectivity index (χ2n) is 1.93. The number of benzene rings is 1. The third-order valence-electron chi connectivity index (χ3n) is 1.24. The summed E-state index contributed by atoms with van der Waals surface area (Å²) < 4.78 is 26.0. The number of para-hydroxylation sites is 1. The molecule has 1 rings (SSSR count). The van der Waals surface area contributed by atoms with Crippen molar-refractivity contribution in [2.24, 2.45) is 0 Å². The minimum Gasteiger partial charge on any atom is -0.768 e. The van der Waals surface area contributed by atoms with E-state index in [2.05, 4.69) is 0 Å². The van der Waals surface area contributed by atoms with Gasteiger partial charge in [0.15, 0.2) is 6.07 Å². The van der Waals surface area contributed by atoms with E-state index >= 15 is 0 Å². The Bertz CT molecular complexity index is 290. The fourth-order valence-corrected chi connectivity index (χ4v) is 1.36. The molecule has 0 heterocycles. The largest absolute Gasteiger partial charge is 0.768 e. The summed E-state index contributed by atoms with van der Waals surface area (Å²) in [4.78, 5) is 0.123. The predicted octanol–water partition coefficient (Wildman–Crippen LogP) is 1.50. The first-order valence-electron chi connectivity index (χ1n) is 3.12. The number of halogens is 1. The fourth-order valence-electron chi connectivity index (χ4n) is 0.766. The number of rotatable bonds is 3. The maximum absolute atomic E-state index is 10.6. The fraction of sp³-hybridized carbons (Fsp3) is 0.143. The average molecular weight is 206 g/mol. The van der Waals surface area contributed by atoms with E-state index in [0.717, 1.165) is 0 Å². The van der Waals surface area contributed by atoms with Gasteiger partial charge in [0.1, 0.15) is 5.75 Å². The molecule has 0 aliphatic carbocycles. The van der Waals surface area contributed by atoms with Crippen LogP contribution in [0.1, 0.15) is 0 Å². The van der Waals surface area contributed by atoms with E-state index in [-0.39, 0.29) is 16.7 Å². The van der Waals surface area contributed by atoms with E-state index in [4.69, 9.17) is 16.3 Å². The Labute approximate surface area is 77.6 Å². The highest BCUT2D eigenvalue weighted by Crippen LogP contribution is 2.20. The van der Waals surface area contributed by atoms with Crippen LogP contribution in [0.2, 0.25) is 0 Å². The van der Waals surface area contributed by atoms with Gasteiger partial charge in [-0.25, -0.2) is 0 Å². The lowest BCUT2D eigenvalue weighted by Crippen LogP contribution is -1.96. The van der Waals surface area contributed by atoms with Gasteiger partial charge in [-0.2, -0.15) is 0 Å². The van der Waals surface area contributed by atoms with Crippen LogP contribution in [0.15, 0.2) is 29.2 Å². The Morgan fingerprint density at radius 1 is 1.50 bits per heavy atom. The van der Waals surface area contributed by atoms with E-state index < -0.39 is 11.1 Å². The van der Waals surface area contributed by atoms with Gasteiger partial charge in [0.05, 0.1) is 4.90 Å². The van der Waals surface area contributed by atoms with Crippen LogP contribution in [0.4, 0.5) is 0 Å². The van der Waals surface area contributed by atoms with Crippen molar-refractivity contribution in [2.75, 3.05) is 6.07 Å². The van der Waals surface area contributed by atoms with E-state index in [0.29, 0.717) is 0 Å². The molecule has 66 valence electrons. The summed E-state index contributed by atoms with van der Waals surface area (Å²) in [5, 5.41) is 0. The Morgan fingerprint density at radius 3 is 2.75 bits per heavy atom. The molecule has 0 amide bonds. The van der Waals surface area contributed by atoms with Gasteiger partial charge >= 0.3 is 0 Å². The van der Waals surface area contributed by atoms with Gasteiger partial charge in [0, 0.05) is 0 Å². The van der Waals surface area contributed by atoms with E-state index in [1.54, 1.807) is 18.2 Å². The molecule has 1 aromatic carbocycles. The summed E-state index contributed by atoms with van der Waals surface area (Å²) >= 11 is 3.01. The zero-order valence-electron chi connectivity index (χ0n) is 6.03. The van der Waals surface area contributed by atoms with E-state index in [1.165, 1.54) is 6.07 Å². The highest BCUT2D eigenvalue weighted by Gasteiger charge is 2.01. The molecule has 0 aromatic heterocycles. The molecule has 3 nitrogen and oxygen atoms in total. The van der Waals surface area contributed by atoms with Crippen molar-refractivity contribution in [1.29, 1.82) is 0 Å². The van der Waals surface area contributed by atoms with Crippen molar-refractivity contribution in [1.82, 2.24) is 0 Å². The Morgan fingerprint density at radius 2 is 2.17 bits per heavy atom. The maximum atomic E-state index is 10.6. The van der Waals surface area contributed by atoms with Crippen LogP contribution in [0.25, 0.3) is 0 Å². The lowest BCUT2D eigenvalue weighted by Gasteiger charge is -2.10. The second kappa shape index (κ2) is 4.45. The highest BCUT2D eigenvalue weighted by molar-refractivity contribution is 7.79. The number of alkyl halides is 1. The number of ether oxygens (including phenoxy) is 1. The van der Waals surface area contributed by atoms with Gasteiger partial charge in [-0.15, -0.1) is 0 Å². The third-order valence-corrected chi connectivity index (χ3v) is 2.04. The molecule has 1 aromatic rings. The SMILES string of the molecule is O=S([O-])c1ccccc1OCCl. The van der Waals surface area contributed by atoms with Gasteiger partial charge in [-0.1, -0.05) is 23.7 Å². The summed E-state index contributed by atoms with van der Waals surface area (Å²) in [5.74, 6) is 0.279. The lowest BCUT2D eigenvalue weighted by molar-refractivity contribution is 0.376. The Hall–Kier alpha value is -0.580. The first-order chi connectivity index (χ1) is 5.75. The Kier molecular flexibility index (Phi) is 3.52. The molecule has 5 heteroatoms. The maximum Gasteiger partial charge on any atom is 0.162 e. The summed E-state index contributed by atoms with van der Waals surface area (Å²) in [6.45, 7) is 0. The topological polar surface area (TPSA) is 49.4 Å². The molecular weight excluding hydrogens is 200 g/mol. The summed E-state index contributed by atoms with van der Waals surface area (Å²) in [6.07, 6.45) is 0. The van der Waals surface area contributed by atoms with Gasteiger partial charge in [-0.05, 0) is 23.2 Å². The first kappa shape index (κ1) is 9.51. The summed E-state index contributed by atoms with van der Waals surface area (Å²) in [7, 11) is 0. The van der Waals surface area contributed by atoms with Crippen molar-refractivity contribution in [3.63, 3.8) is 0 Å². The molecule has 0 saturated carbocycles. The minimum absolute atomic E-state index is 0.0613. The standard InChI is InChI=1S/C7H7ClO3S/c8-5-11-6-3-1-2-4-7(6)12(9)10/h1-4H,5H2,(H,9,10)/p-1. The van der Waals surface area contributed by atoms with Crippen LogP contribution in [0, 0.1) is 0 Å². The van der Waals surface area contributed by atoms with E-state index in [9.17, 15) is 8.76 Å². The van der Waals surface area contributed by atoms with Gasteiger partial charge in [-0.3, -0.25) is 4.21 Å². The van der Waals surface area contributed by atoms with Crippen molar-refractivity contribution < 1.29 is 13.5 Å². The number of hydrogen-bond donors (Lipinski definition) is 0. The normalized spacial score (nSPS) is 12.5.